The topological polar surface area (TPSA) is 52.9 Å². The van der Waals surface area contributed by atoms with Crippen LogP contribution in [0.4, 0.5) is 22.0 Å². The molecule has 2 rings (SSSR count). The maximum absolute atomic E-state index is 13.6. The van der Waals surface area contributed by atoms with Crippen LogP contribution in [0.1, 0.15) is 37.7 Å². The van der Waals surface area contributed by atoms with Crippen LogP contribution in [0.3, 0.4) is 0 Å². The van der Waals surface area contributed by atoms with Crippen LogP contribution in [0.2, 0.25) is 0 Å². The molecule has 8 heteroatoms. The maximum atomic E-state index is 13.6. The van der Waals surface area contributed by atoms with E-state index in [9.17, 15) is 26.7 Å². The molecule has 1 aliphatic rings. The van der Waals surface area contributed by atoms with Gasteiger partial charge in [-0.3, -0.25) is 4.79 Å². The summed E-state index contributed by atoms with van der Waals surface area (Å²) in [6.45, 7) is 0. The largest absolute Gasteiger partial charge is 0.349 e. The summed E-state index contributed by atoms with van der Waals surface area (Å²) in [5.41, 5.74) is -2.05. The Morgan fingerprint density at radius 3 is 1.96 bits per heavy atom. The molecule has 0 atom stereocenters. The van der Waals surface area contributed by atoms with Gasteiger partial charge < -0.3 is 5.32 Å². The Kier molecular flexibility index (Phi) is 5.54. The third kappa shape index (κ3) is 3.55. The zero-order chi connectivity index (χ0) is 17.9. The van der Waals surface area contributed by atoms with Crippen molar-refractivity contribution in [3.63, 3.8) is 0 Å². The molecule has 1 N–H and O–H groups in total. The molecule has 1 aromatic rings. The molecule has 0 heterocycles. The van der Waals surface area contributed by atoms with Gasteiger partial charge in [0.2, 0.25) is 5.82 Å². The van der Waals surface area contributed by atoms with Crippen LogP contribution in [0.15, 0.2) is 5.57 Å². The molecule has 3 nitrogen and oxygen atoms in total. The van der Waals surface area contributed by atoms with Gasteiger partial charge in [0.05, 0.1) is 5.56 Å². The number of nitrogens with one attached hydrogen (secondary N) is 1. The molecular formula is C16H13F5N2O. The van der Waals surface area contributed by atoms with Crippen LogP contribution in [0.25, 0.3) is 6.08 Å². The Hall–Kier alpha value is -2.43. The summed E-state index contributed by atoms with van der Waals surface area (Å²) in [6, 6.07) is 1.24. The maximum Gasteiger partial charge on any atom is 0.262 e. The molecule has 1 fully saturated rings. The summed E-state index contributed by atoms with van der Waals surface area (Å²) in [5, 5.41) is 11.5. The van der Waals surface area contributed by atoms with Crippen LogP contribution in [-0.4, -0.2) is 11.9 Å². The normalized spacial score (nSPS) is 15.9. The van der Waals surface area contributed by atoms with Gasteiger partial charge in [-0.15, -0.1) is 0 Å². The first-order valence-corrected chi connectivity index (χ1v) is 7.31. The predicted molar refractivity (Wildman–Crippen MR) is 74.8 cm³/mol. The molecule has 1 saturated carbocycles. The second kappa shape index (κ2) is 7.43. The predicted octanol–water partition coefficient (Wildman–Crippen LogP) is 3.74. The van der Waals surface area contributed by atoms with Gasteiger partial charge in [0.15, 0.2) is 23.3 Å². The van der Waals surface area contributed by atoms with Gasteiger partial charge in [-0.2, -0.15) is 5.26 Å². The third-order valence-corrected chi connectivity index (χ3v) is 3.84. The first-order valence-electron chi connectivity index (χ1n) is 7.31. The molecule has 0 aromatic heterocycles. The van der Waals surface area contributed by atoms with Gasteiger partial charge >= 0.3 is 0 Å². The van der Waals surface area contributed by atoms with Crippen molar-refractivity contribution in [3.8, 4) is 6.07 Å². The summed E-state index contributed by atoms with van der Waals surface area (Å²) >= 11 is 0. The zero-order valence-electron chi connectivity index (χ0n) is 12.4. The molecule has 0 unspecified atom stereocenters. The number of benzene rings is 1. The number of hydrogen-bond acceptors (Lipinski definition) is 2. The van der Waals surface area contributed by atoms with Gasteiger partial charge in [-0.1, -0.05) is 19.3 Å². The number of amides is 1. The quantitative estimate of drug-likeness (QED) is 0.299. The first kappa shape index (κ1) is 17.9. The van der Waals surface area contributed by atoms with E-state index >= 15 is 0 Å². The summed E-state index contributed by atoms with van der Waals surface area (Å²) < 4.78 is 66.5. The second-order valence-corrected chi connectivity index (χ2v) is 5.46. The Morgan fingerprint density at radius 1 is 0.958 bits per heavy atom. The zero-order valence-corrected chi connectivity index (χ0v) is 12.4. The third-order valence-electron chi connectivity index (χ3n) is 3.84. The van der Waals surface area contributed by atoms with Crippen LogP contribution >= 0.6 is 0 Å². The molecule has 1 aromatic carbocycles. The Balaban J connectivity index is 2.34. The number of halogens is 5. The van der Waals surface area contributed by atoms with Crippen molar-refractivity contribution in [1.82, 2.24) is 5.32 Å². The molecule has 128 valence electrons. The van der Waals surface area contributed by atoms with E-state index in [4.69, 9.17) is 5.26 Å². The first-order chi connectivity index (χ1) is 11.4. The number of nitriles is 1. The minimum Gasteiger partial charge on any atom is -0.349 e. The fourth-order valence-electron chi connectivity index (χ4n) is 2.55. The van der Waals surface area contributed by atoms with Gasteiger partial charge in [-0.05, 0) is 18.9 Å². The van der Waals surface area contributed by atoms with Crippen LogP contribution in [0.5, 0.6) is 0 Å². The Labute approximate surface area is 134 Å². The average molecular weight is 344 g/mol. The van der Waals surface area contributed by atoms with Crippen molar-refractivity contribution < 1.29 is 26.7 Å². The molecular weight excluding hydrogens is 331 g/mol. The van der Waals surface area contributed by atoms with Gasteiger partial charge in [0.25, 0.3) is 5.91 Å². The van der Waals surface area contributed by atoms with E-state index in [0.29, 0.717) is 18.9 Å². The number of carbonyl (C=O) groups is 1. The summed E-state index contributed by atoms with van der Waals surface area (Å²) in [7, 11) is 0. The second-order valence-electron chi connectivity index (χ2n) is 5.46. The fourth-order valence-corrected chi connectivity index (χ4v) is 2.55. The minimum atomic E-state index is -2.30. The molecule has 1 amide bonds. The molecule has 1 aliphatic carbocycles. The van der Waals surface area contributed by atoms with E-state index in [1.807, 2.05) is 0 Å². The minimum absolute atomic E-state index is 0.181. The van der Waals surface area contributed by atoms with E-state index in [1.165, 1.54) is 6.07 Å². The van der Waals surface area contributed by atoms with E-state index < -0.39 is 46.1 Å². The van der Waals surface area contributed by atoms with E-state index in [2.05, 4.69) is 5.32 Å². The monoisotopic (exact) mass is 344 g/mol. The lowest BCUT2D eigenvalue weighted by molar-refractivity contribution is -0.117. The van der Waals surface area contributed by atoms with Crippen LogP contribution in [-0.2, 0) is 4.79 Å². The van der Waals surface area contributed by atoms with Crippen molar-refractivity contribution in [2.45, 2.75) is 38.1 Å². The Morgan fingerprint density at radius 2 is 1.46 bits per heavy atom. The SMILES string of the molecule is N#C/C(=C\c1c(F)c(F)c(F)c(F)c1F)C(=O)NC1CCCCC1. The van der Waals surface area contributed by atoms with Gasteiger partial charge in [0.1, 0.15) is 11.6 Å². The number of carbonyl (C=O) groups excluding carboxylic acids is 1. The lowest BCUT2D eigenvalue weighted by atomic mass is 9.95. The van der Waals surface area contributed by atoms with Crippen molar-refractivity contribution >= 4 is 12.0 Å². The highest BCUT2D eigenvalue weighted by Gasteiger charge is 2.26. The van der Waals surface area contributed by atoms with Crippen LogP contribution < -0.4 is 5.32 Å². The molecule has 0 bridgehead atoms. The molecule has 24 heavy (non-hydrogen) atoms. The molecule has 0 spiro atoms. The lowest BCUT2D eigenvalue weighted by Crippen LogP contribution is -2.36. The Bertz CT molecular complexity index is 704. The standard InChI is InChI=1S/C16H13F5N2O/c17-11-10(12(18)14(20)15(21)13(11)19)6-8(7-22)16(24)23-9-4-2-1-3-5-9/h6,9H,1-5H2,(H,23,24)/b8-6+. The fraction of sp³-hybridized carbons (Fsp3) is 0.375. The van der Waals surface area contributed by atoms with Crippen molar-refractivity contribution in [2.75, 3.05) is 0 Å². The number of nitrogens with zero attached hydrogens (tertiary/aromatic N) is 1. The average Bonchev–Trinajstić information content (AvgIpc) is 2.59. The van der Waals surface area contributed by atoms with Crippen molar-refractivity contribution in [2.24, 2.45) is 0 Å². The highest BCUT2D eigenvalue weighted by Crippen LogP contribution is 2.25. The van der Waals surface area contributed by atoms with Gasteiger partial charge in [-0.25, -0.2) is 22.0 Å². The number of rotatable bonds is 3. The molecule has 0 saturated heterocycles. The van der Waals surface area contributed by atoms with E-state index in [0.717, 1.165) is 19.3 Å². The highest BCUT2D eigenvalue weighted by atomic mass is 19.2. The van der Waals surface area contributed by atoms with Crippen molar-refractivity contribution in [3.05, 3.63) is 40.2 Å². The summed E-state index contributed by atoms with van der Waals surface area (Å²) in [6.07, 6.45) is 4.59. The summed E-state index contributed by atoms with van der Waals surface area (Å²) in [5.74, 6) is -11.7. The number of hydrogen-bond donors (Lipinski definition) is 1. The van der Waals surface area contributed by atoms with E-state index in [1.54, 1.807) is 0 Å². The summed E-state index contributed by atoms with van der Waals surface area (Å²) in [4.78, 5) is 12.0. The van der Waals surface area contributed by atoms with Crippen molar-refractivity contribution in [1.29, 1.82) is 5.26 Å². The molecule has 0 radical (unpaired) electrons. The van der Waals surface area contributed by atoms with Gasteiger partial charge in [0, 0.05) is 6.04 Å². The van der Waals surface area contributed by atoms with E-state index in [-0.39, 0.29) is 6.04 Å². The lowest BCUT2D eigenvalue weighted by Gasteiger charge is -2.22. The van der Waals surface area contributed by atoms with Crippen LogP contribution in [0, 0.1) is 40.4 Å². The molecule has 0 aliphatic heterocycles. The highest BCUT2D eigenvalue weighted by molar-refractivity contribution is 6.01. The smallest absolute Gasteiger partial charge is 0.262 e.